The summed E-state index contributed by atoms with van der Waals surface area (Å²) in [4.78, 5) is 29.3. The van der Waals surface area contributed by atoms with Gasteiger partial charge in [0.05, 0.1) is 11.8 Å². The van der Waals surface area contributed by atoms with Gasteiger partial charge in [-0.3, -0.25) is 14.6 Å². The van der Waals surface area contributed by atoms with Crippen molar-refractivity contribution in [2.24, 2.45) is 4.99 Å². The Morgan fingerprint density at radius 2 is 1.68 bits per heavy atom. The SMILES string of the molecule is C/C=C1\C(=C/C(C)=O)[C@H](C)N=C(c2ccc(F)cc2)c2ccc(C(C)(C)C(C)=O)cc21. The van der Waals surface area contributed by atoms with Gasteiger partial charge in [0.25, 0.3) is 0 Å². The zero-order valence-electron chi connectivity index (χ0n) is 18.9. The van der Waals surface area contributed by atoms with Crippen LogP contribution in [0.2, 0.25) is 0 Å². The predicted octanol–water partition coefficient (Wildman–Crippen LogP) is 5.85. The first-order valence-electron chi connectivity index (χ1n) is 10.4. The first-order valence-corrected chi connectivity index (χ1v) is 10.4. The molecule has 0 radical (unpaired) electrons. The molecule has 3 nitrogen and oxygen atoms in total. The lowest BCUT2D eigenvalue weighted by Crippen LogP contribution is -2.26. The van der Waals surface area contributed by atoms with Gasteiger partial charge in [0, 0.05) is 16.5 Å². The lowest BCUT2D eigenvalue weighted by molar-refractivity contribution is -0.121. The number of aliphatic imine (C=N–C) groups is 1. The Kier molecular flexibility index (Phi) is 6.21. The highest BCUT2D eigenvalue weighted by molar-refractivity contribution is 6.17. The molecule has 0 N–H and O–H groups in total. The van der Waals surface area contributed by atoms with Gasteiger partial charge in [-0.25, -0.2) is 4.39 Å². The summed E-state index contributed by atoms with van der Waals surface area (Å²) in [5.41, 5.74) is 5.33. The van der Waals surface area contributed by atoms with Crippen molar-refractivity contribution in [2.45, 2.75) is 53.0 Å². The summed E-state index contributed by atoms with van der Waals surface area (Å²) in [6, 6.07) is 12.0. The number of nitrogens with zero attached hydrogens (tertiary/aromatic N) is 1. The van der Waals surface area contributed by atoms with Crippen LogP contribution in [0.1, 0.15) is 63.8 Å². The van der Waals surface area contributed by atoms with Crippen LogP contribution in [0.3, 0.4) is 0 Å². The normalized spacial score (nSPS) is 19.1. The van der Waals surface area contributed by atoms with E-state index in [0.717, 1.165) is 39.1 Å². The van der Waals surface area contributed by atoms with Crippen molar-refractivity contribution in [3.63, 3.8) is 0 Å². The smallest absolute Gasteiger partial charge is 0.152 e. The van der Waals surface area contributed by atoms with Gasteiger partial charge in [-0.15, -0.1) is 0 Å². The highest BCUT2D eigenvalue weighted by Gasteiger charge is 2.30. The van der Waals surface area contributed by atoms with Crippen molar-refractivity contribution in [3.8, 4) is 0 Å². The highest BCUT2D eigenvalue weighted by atomic mass is 19.1. The largest absolute Gasteiger partial charge is 0.299 e. The van der Waals surface area contributed by atoms with Gasteiger partial charge in [0.1, 0.15) is 11.6 Å². The number of Topliss-reactive ketones (excluding diaryl/α,β-unsaturated/α-hetero) is 1. The van der Waals surface area contributed by atoms with Gasteiger partial charge in [-0.1, -0.05) is 18.2 Å². The maximum atomic E-state index is 13.6. The van der Waals surface area contributed by atoms with E-state index >= 15 is 0 Å². The minimum Gasteiger partial charge on any atom is -0.299 e. The fourth-order valence-corrected chi connectivity index (χ4v) is 3.86. The van der Waals surface area contributed by atoms with Crippen molar-refractivity contribution in [1.82, 2.24) is 0 Å². The molecule has 31 heavy (non-hydrogen) atoms. The lowest BCUT2D eigenvalue weighted by atomic mass is 9.78. The third-order valence-corrected chi connectivity index (χ3v) is 6.02. The summed E-state index contributed by atoms with van der Waals surface area (Å²) in [7, 11) is 0. The van der Waals surface area contributed by atoms with E-state index in [4.69, 9.17) is 4.99 Å². The molecule has 1 aliphatic heterocycles. The molecule has 0 aliphatic carbocycles. The van der Waals surface area contributed by atoms with Gasteiger partial charge in [-0.05, 0) is 100 Å². The highest BCUT2D eigenvalue weighted by Crippen LogP contribution is 2.37. The summed E-state index contributed by atoms with van der Waals surface area (Å²) < 4.78 is 13.6. The first kappa shape index (κ1) is 22.5. The number of ketones is 2. The van der Waals surface area contributed by atoms with Crippen LogP contribution in [0.4, 0.5) is 4.39 Å². The molecule has 4 heteroatoms. The molecule has 2 aromatic carbocycles. The molecule has 3 rings (SSSR count). The van der Waals surface area contributed by atoms with Crippen LogP contribution in [0.15, 0.2) is 65.2 Å². The van der Waals surface area contributed by atoms with E-state index in [1.165, 1.54) is 19.1 Å². The van der Waals surface area contributed by atoms with E-state index in [-0.39, 0.29) is 23.4 Å². The molecule has 0 spiro atoms. The van der Waals surface area contributed by atoms with Crippen molar-refractivity contribution in [3.05, 3.63) is 88.3 Å². The number of hydrogen-bond donors (Lipinski definition) is 0. The van der Waals surface area contributed by atoms with Gasteiger partial charge in [-0.2, -0.15) is 0 Å². The van der Waals surface area contributed by atoms with Crippen LogP contribution in [0.25, 0.3) is 5.57 Å². The Morgan fingerprint density at radius 3 is 2.23 bits per heavy atom. The molecule has 0 saturated carbocycles. The summed E-state index contributed by atoms with van der Waals surface area (Å²) in [6.07, 6.45) is 3.61. The second kappa shape index (κ2) is 8.54. The molecular formula is C27H28FNO2. The molecule has 160 valence electrons. The summed E-state index contributed by atoms with van der Waals surface area (Å²) >= 11 is 0. The lowest BCUT2D eigenvalue weighted by Gasteiger charge is -2.24. The molecule has 0 bridgehead atoms. The van der Waals surface area contributed by atoms with Crippen molar-refractivity contribution in [2.75, 3.05) is 0 Å². The third kappa shape index (κ3) is 4.34. The number of rotatable bonds is 4. The molecule has 1 heterocycles. The molecule has 0 aromatic heterocycles. The van der Waals surface area contributed by atoms with E-state index in [9.17, 15) is 14.0 Å². The van der Waals surface area contributed by atoms with Crippen LogP contribution in [0.5, 0.6) is 0 Å². The van der Waals surface area contributed by atoms with Gasteiger partial charge in [0.2, 0.25) is 0 Å². The van der Waals surface area contributed by atoms with Crippen LogP contribution >= 0.6 is 0 Å². The van der Waals surface area contributed by atoms with Crippen LogP contribution in [-0.2, 0) is 15.0 Å². The number of carbonyl (C=O) groups excluding carboxylic acids is 2. The maximum Gasteiger partial charge on any atom is 0.152 e. The zero-order chi connectivity index (χ0) is 22.9. The fourth-order valence-electron chi connectivity index (χ4n) is 3.86. The Labute approximate surface area is 183 Å². The molecule has 0 saturated heterocycles. The average molecular weight is 418 g/mol. The predicted molar refractivity (Wildman–Crippen MR) is 124 cm³/mol. The second-order valence-corrected chi connectivity index (χ2v) is 8.51. The monoisotopic (exact) mass is 417 g/mol. The van der Waals surface area contributed by atoms with E-state index in [2.05, 4.69) is 0 Å². The van der Waals surface area contributed by atoms with Crippen LogP contribution in [-0.4, -0.2) is 23.3 Å². The molecular weight excluding hydrogens is 389 g/mol. The van der Waals surface area contributed by atoms with E-state index in [1.807, 2.05) is 52.0 Å². The molecule has 0 unspecified atom stereocenters. The Balaban J connectivity index is 2.36. The van der Waals surface area contributed by atoms with Crippen LogP contribution in [0, 0.1) is 5.82 Å². The van der Waals surface area contributed by atoms with Gasteiger partial charge < -0.3 is 0 Å². The Morgan fingerprint density at radius 1 is 1.03 bits per heavy atom. The standard InChI is InChI=1S/C27H28FNO2/c1-7-22-24(14-16(2)30)17(3)29-26(19-8-11-21(28)12-9-19)23-13-10-20(15-25(22)23)27(5,6)18(4)31/h7-15,17H,1-6H3/b22-7+,24-14-/t17-/m0/s1. The quantitative estimate of drug-likeness (QED) is 0.586. The average Bonchev–Trinajstić information content (AvgIpc) is 2.82. The summed E-state index contributed by atoms with van der Waals surface area (Å²) in [6.45, 7) is 10.8. The number of hydrogen-bond acceptors (Lipinski definition) is 3. The number of allylic oxidation sites excluding steroid dienone is 2. The molecule has 1 atom stereocenters. The number of halogens is 1. The van der Waals surface area contributed by atoms with Crippen LogP contribution < -0.4 is 0 Å². The first-order chi connectivity index (χ1) is 14.6. The van der Waals surface area contributed by atoms with E-state index in [1.54, 1.807) is 25.1 Å². The molecule has 0 fully saturated rings. The fraction of sp³-hybridized carbons (Fsp3) is 0.296. The Bertz CT molecular complexity index is 1130. The van der Waals surface area contributed by atoms with E-state index < -0.39 is 5.41 Å². The number of carbonyl (C=O) groups is 2. The number of fused-ring (bicyclic) bond motifs is 1. The van der Waals surface area contributed by atoms with E-state index in [0.29, 0.717) is 0 Å². The Hall–Kier alpha value is -3.14. The minimum atomic E-state index is -0.649. The minimum absolute atomic E-state index is 0.0524. The number of benzene rings is 2. The molecule has 0 amide bonds. The van der Waals surface area contributed by atoms with Gasteiger partial charge >= 0.3 is 0 Å². The molecule has 2 aromatic rings. The second-order valence-electron chi connectivity index (χ2n) is 8.51. The van der Waals surface area contributed by atoms with Crippen molar-refractivity contribution in [1.29, 1.82) is 0 Å². The van der Waals surface area contributed by atoms with Crippen molar-refractivity contribution < 1.29 is 14.0 Å². The third-order valence-electron chi connectivity index (χ3n) is 6.02. The topological polar surface area (TPSA) is 46.5 Å². The maximum absolute atomic E-state index is 13.6. The summed E-state index contributed by atoms with van der Waals surface area (Å²) in [5, 5.41) is 0. The molecule has 1 aliphatic rings. The zero-order valence-corrected chi connectivity index (χ0v) is 18.9. The van der Waals surface area contributed by atoms with Gasteiger partial charge in [0.15, 0.2) is 5.78 Å². The van der Waals surface area contributed by atoms with Crippen molar-refractivity contribution >= 4 is 22.9 Å². The summed E-state index contributed by atoms with van der Waals surface area (Å²) in [5.74, 6) is -0.289.